The van der Waals surface area contributed by atoms with Crippen LogP contribution in [0.2, 0.25) is 0 Å². The van der Waals surface area contributed by atoms with Crippen LogP contribution in [0.3, 0.4) is 0 Å². The third kappa shape index (κ3) is 12.0. The van der Waals surface area contributed by atoms with Gasteiger partial charge in [0, 0.05) is 19.2 Å². The van der Waals surface area contributed by atoms with Gasteiger partial charge in [-0.05, 0) is 31.4 Å². The summed E-state index contributed by atoms with van der Waals surface area (Å²) in [5, 5.41) is 0. The second-order valence-electron chi connectivity index (χ2n) is 8.10. The Balaban J connectivity index is 2.46. The van der Waals surface area contributed by atoms with Crippen LogP contribution in [0.1, 0.15) is 102 Å². The smallest absolute Gasteiger partial charge is 0.246 e. The van der Waals surface area contributed by atoms with Gasteiger partial charge in [-0.15, -0.1) is 0 Å². The number of hydrogen-bond donors (Lipinski definition) is 0. The Morgan fingerprint density at radius 2 is 1.21 bits per heavy atom. The third-order valence-corrected chi connectivity index (χ3v) is 5.37. The predicted octanol–water partition coefficient (Wildman–Crippen LogP) is 7.56. The van der Waals surface area contributed by atoms with Crippen molar-refractivity contribution in [3.63, 3.8) is 0 Å². The Labute approximate surface area is 174 Å². The monoisotopic (exact) mass is 385 g/mol. The largest absolute Gasteiger partial charge is 0.339 e. The molecule has 2 nitrogen and oxygen atoms in total. The van der Waals surface area contributed by atoms with Crippen LogP contribution in [0.5, 0.6) is 0 Å². The zero-order valence-electron chi connectivity index (χ0n) is 18.7. The van der Waals surface area contributed by atoms with Gasteiger partial charge < -0.3 is 4.90 Å². The van der Waals surface area contributed by atoms with E-state index in [0.29, 0.717) is 0 Å². The number of nitrogens with zero attached hydrogens (tertiary/aromatic N) is 1. The summed E-state index contributed by atoms with van der Waals surface area (Å²) in [5.74, 6) is 0.169. The van der Waals surface area contributed by atoms with Gasteiger partial charge in [0.05, 0.1) is 0 Å². The van der Waals surface area contributed by atoms with Crippen LogP contribution in [0, 0.1) is 6.92 Å². The van der Waals surface area contributed by atoms with Crippen molar-refractivity contribution in [1.29, 1.82) is 0 Å². The zero-order chi connectivity index (χ0) is 20.5. The van der Waals surface area contributed by atoms with Crippen LogP contribution in [0.4, 0.5) is 0 Å². The summed E-state index contributed by atoms with van der Waals surface area (Å²) in [6.45, 7) is 8.39. The fourth-order valence-electron chi connectivity index (χ4n) is 3.45. The number of unbranched alkanes of at least 4 members (excludes halogenated alkanes) is 10. The Kier molecular flexibility index (Phi) is 14.3. The highest BCUT2D eigenvalue weighted by Crippen LogP contribution is 2.11. The molecule has 0 fully saturated rings. The van der Waals surface area contributed by atoms with Crippen molar-refractivity contribution >= 4 is 12.0 Å². The molecule has 1 rings (SSSR count). The van der Waals surface area contributed by atoms with Gasteiger partial charge in [-0.1, -0.05) is 108 Å². The van der Waals surface area contributed by atoms with E-state index in [1.54, 1.807) is 6.08 Å². The molecule has 0 atom stereocenters. The number of carbonyl (C=O) groups is 1. The van der Waals surface area contributed by atoms with E-state index in [1.165, 1.54) is 69.8 Å². The molecular weight excluding hydrogens is 342 g/mol. The number of hydrogen-bond acceptors (Lipinski definition) is 1. The standard InChI is InChI=1S/C26H43NO/c1-4-6-8-10-12-14-22-27(23-15-13-11-9-7-5-2)26(28)21-20-25-18-16-24(3)17-19-25/h16-21H,4-15,22-23H2,1-3H3. The van der Waals surface area contributed by atoms with Crippen molar-refractivity contribution < 1.29 is 4.79 Å². The van der Waals surface area contributed by atoms with E-state index in [0.717, 1.165) is 31.5 Å². The molecule has 0 bridgehead atoms. The Hall–Kier alpha value is -1.57. The first kappa shape index (κ1) is 24.5. The van der Waals surface area contributed by atoms with E-state index < -0.39 is 0 Å². The molecule has 0 aliphatic heterocycles. The van der Waals surface area contributed by atoms with Gasteiger partial charge in [-0.25, -0.2) is 0 Å². The molecule has 0 saturated heterocycles. The van der Waals surface area contributed by atoms with Crippen LogP contribution >= 0.6 is 0 Å². The molecule has 2 heteroatoms. The highest BCUT2D eigenvalue weighted by molar-refractivity contribution is 5.91. The predicted molar refractivity (Wildman–Crippen MR) is 124 cm³/mol. The zero-order valence-corrected chi connectivity index (χ0v) is 18.7. The van der Waals surface area contributed by atoms with E-state index in [9.17, 15) is 4.79 Å². The lowest BCUT2D eigenvalue weighted by Crippen LogP contribution is -2.31. The third-order valence-electron chi connectivity index (χ3n) is 5.37. The first-order valence-electron chi connectivity index (χ1n) is 11.7. The molecule has 1 aromatic carbocycles. The van der Waals surface area contributed by atoms with Gasteiger partial charge >= 0.3 is 0 Å². The van der Waals surface area contributed by atoms with E-state index in [1.807, 2.05) is 6.08 Å². The van der Waals surface area contributed by atoms with Crippen molar-refractivity contribution in [1.82, 2.24) is 4.90 Å². The summed E-state index contributed by atoms with van der Waals surface area (Å²) < 4.78 is 0. The van der Waals surface area contributed by atoms with E-state index in [-0.39, 0.29) is 5.91 Å². The van der Waals surface area contributed by atoms with Gasteiger partial charge in [0.2, 0.25) is 5.91 Å². The van der Waals surface area contributed by atoms with Crippen molar-refractivity contribution in [2.24, 2.45) is 0 Å². The second kappa shape index (κ2) is 16.4. The molecule has 0 heterocycles. The van der Waals surface area contributed by atoms with E-state index in [4.69, 9.17) is 0 Å². The minimum absolute atomic E-state index is 0.169. The lowest BCUT2D eigenvalue weighted by molar-refractivity contribution is -0.126. The normalized spacial score (nSPS) is 11.2. The molecule has 28 heavy (non-hydrogen) atoms. The maximum Gasteiger partial charge on any atom is 0.246 e. The Morgan fingerprint density at radius 1 is 0.750 bits per heavy atom. The molecule has 0 aliphatic carbocycles. The van der Waals surface area contributed by atoms with Crippen LogP contribution in [0.25, 0.3) is 6.08 Å². The van der Waals surface area contributed by atoms with Gasteiger partial charge in [0.1, 0.15) is 0 Å². The fraction of sp³-hybridized carbons (Fsp3) is 0.654. The maximum absolute atomic E-state index is 12.8. The van der Waals surface area contributed by atoms with Gasteiger partial charge in [-0.3, -0.25) is 4.79 Å². The summed E-state index contributed by atoms with van der Waals surface area (Å²) in [7, 11) is 0. The summed E-state index contributed by atoms with van der Waals surface area (Å²) in [5.41, 5.74) is 2.34. The molecule has 0 radical (unpaired) electrons. The van der Waals surface area contributed by atoms with E-state index in [2.05, 4.69) is 49.9 Å². The van der Waals surface area contributed by atoms with Crippen molar-refractivity contribution in [3.05, 3.63) is 41.5 Å². The molecule has 0 aliphatic rings. The number of rotatable bonds is 16. The number of carbonyl (C=O) groups excluding carboxylic acids is 1. The van der Waals surface area contributed by atoms with Crippen molar-refractivity contribution in [3.8, 4) is 0 Å². The summed E-state index contributed by atoms with van der Waals surface area (Å²) in [4.78, 5) is 14.8. The summed E-state index contributed by atoms with van der Waals surface area (Å²) >= 11 is 0. The van der Waals surface area contributed by atoms with Crippen molar-refractivity contribution in [2.75, 3.05) is 13.1 Å². The van der Waals surface area contributed by atoms with Crippen LogP contribution < -0.4 is 0 Å². The molecule has 1 amide bonds. The molecule has 0 aromatic heterocycles. The topological polar surface area (TPSA) is 20.3 Å². The minimum atomic E-state index is 0.169. The highest BCUT2D eigenvalue weighted by atomic mass is 16.2. The van der Waals surface area contributed by atoms with Gasteiger partial charge in [0.15, 0.2) is 0 Å². The lowest BCUT2D eigenvalue weighted by Gasteiger charge is -2.21. The van der Waals surface area contributed by atoms with Gasteiger partial charge in [0.25, 0.3) is 0 Å². The lowest BCUT2D eigenvalue weighted by atomic mass is 10.1. The first-order valence-corrected chi connectivity index (χ1v) is 11.7. The van der Waals surface area contributed by atoms with Crippen LogP contribution in [-0.4, -0.2) is 23.9 Å². The molecule has 0 N–H and O–H groups in total. The van der Waals surface area contributed by atoms with E-state index >= 15 is 0 Å². The number of aryl methyl sites for hydroxylation is 1. The van der Waals surface area contributed by atoms with Crippen LogP contribution in [0.15, 0.2) is 30.3 Å². The average molecular weight is 386 g/mol. The van der Waals surface area contributed by atoms with Crippen molar-refractivity contribution in [2.45, 2.75) is 97.8 Å². The highest BCUT2D eigenvalue weighted by Gasteiger charge is 2.10. The SMILES string of the molecule is CCCCCCCCN(CCCCCCCC)C(=O)C=Cc1ccc(C)cc1. The van der Waals surface area contributed by atoms with Gasteiger partial charge in [-0.2, -0.15) is 0 Å². The quantitative estimate of drug-likeness (QED) is 0.212. The Bertz CT molecular complexity index is 516. The average Bonchev–Trinajstić information content (AvgIpc) is 2.70. The minimum Gasteiger partial charge on any atom is -0.339 e. The molecular formula is C26H43NO. The fourth-order valence-corrected chi connectivity index (χ4v) is 3.45. The molecule has 1 aromatic rings. The maximum atomic E-state index is 12.8. The Morgan fingerprint density at radius 3 is 1.71 bits per heavy atom. The number of benzene rings is 1. The molecule has 0 unspecified atom stereocenters. The molecule has 0 saturated carbocycles. The summed E-state index contributed by atoms with van der Waals surface area (Å²) in [6.07, 6.45) is 18.9. The molecule has 0 spiro atoms. The first-order chi connectivity index (χ1) is 13.7. The molecule has 158 valence electrons. The summed E-state index contributed by atoms with van der Waals surface area (Å²) in [6, 6.07) is 8.33. The van der Waals surface area contributed by atoms with Crippen LogP contribution in [-0.2, 0) is 4.79 Å². The second-order valence-corrected chi connectivity index (χ2v) is 8.10. The number of amides is 1.